The number of aromatic nitrogens is 7. The predicted octanol–water partition coefficient (Wildman–Crippen LogP) is 2.77. The van der Waals surface area contributed by atoms with E-state index in [1.807, 2.05) is 6.20 Å². The van der Waals surface area contributed by atoms with Gasteiger partial charge in [-0.15, -0.1) is 0 Å². The van der Waals surface area contributed by atoms with Gasteiger partial charge in [-0.05, 0) is 18.2 Å². The maximum absolute atomic E-state index is 15.7. The molecule has 15 heteroatoms. The maximum atomic E-state index is 15.7. The van der Waals surface area contributed by atoms with Crippen LogP contribution >= 0.6 is 0 Å². The van der Waals surface area contributed by atoms with Crippen LogP contribution in [-0.2, 0) is 23.8 Å². The third-order valence-corrected chi connectivity index (χ3v) is 7.65. The van der Waals surface area contributed by atoms with Crippen LogP contribution in [0.3, 0.4) is 0 Å². The summed E-state index contributed by atoms with van der Waals surface area (Å²) in [5, 5.41) is 8.40. The summed E-state index contributed by atoms with van der Waals surface area (Å²) in [6.45, 7) is -0.0442. The topological polar surface area (TPSA) is 133 Å². The van der Waals surface area contributed by atoms with Crippen molar-refractivity contribution in [2.24, 2.45) is 7.05 Å². The molecule has 40 heavy (non-hydrogen) atoms. The van der Waals surface area contributed by atoms with Gasteiger partial charge in [-0.1, -0.05) is 0 Å². The predicted molar refractivity (Wildman–Crippen MR) is 145 cm³/mol. The number of aryl methyl sites for hydroxylation is 1. The van der Waals surface area contributed by atoms with Crippen LogP contribution in [0.1, 0.15) is 5.69 Å². The minimum atomic E-state index is -3.84. The maximum Gasteiger partial charge on any atom is 0.322 e. The van der Waals surface area contributed by atoms with Gasteiger partial charge in [0.05, 0.1) is 50.2 Å². The number of nitrogens with zero attached hydrogens (tertiary/aromatic N) is 9. The number of hydrogen-bond donors (Lipinski definition) is 0. The number of ether oxygens (including phenoxy) is 2. The smallest absolute Gasteiger partial charge is 0.322 e. The third-order valence-electron chi connectivity index (χ3n) is 6.05. The zero-order valence-electron chi connectivity index (χ0n) is 22.3. The van der Waals surface area contributed by atoms with Crippen LogP contribution in [0.2, 0.25) is 0 Å². The second-order valence-corrected chi connectivity index (χ2v) is 10.9. The van der Waals surface area contributed by atoms with Gasteiger partial charge in [0.25, 0.3) is 0 Å². The first-order valence-corrected chi connectivity index (χ1v) is 13.3. The number of anilines is 2. The minimum absolute atomic E-state index is 0.0421. The van der Waals surface area contributed by atoms with Gasteiger partial charge < -0.3 is 14.4 Å². The lowest BCUT2D eigenvalue weighted by Gasteiger charge is -2.25. The fourth-order valence-electron chi connectivity index (χ4n) is 3.93. The number of methoxy groups -OCH3 is 2. The normalized spacial score (nSPS) is 11.8. The second kappa shape index (κ2) is 10.5. The quantitative estimate of drug-likeness (QED) is 0.262. The van der Waals surface area contributed by atoms with E-state index in [-0.39, 0.29) is 18.0 Å². The number of halogens is 1. The molecular formula is C25H26FN9O4S. The van der Waals surface area contributed by atoms with Crippen molar-refractivity contribution in [1.82, 2.24) is 38.2 Å². The zero-order chi connectivity index (χ0) is 28.6. The molecule has 4 heterocycles. The van der Waals surface area contributed by atoms with Crippen molar-refractivity contribution in [1.29, 1.82) is 0 Å². The second-order valence-electron chi connectivity index (χ2n) is 8.89. The molecule has 0 aliphatic heterocycles. The van der Waals surface area contributed by atoms with E-state index in [2.05, 4.69) is 20.2 Å². The summed E-state index contributed by atoms with van der Waals surface area (Å²) in [4.78, 5) is 15.3. The van der Waals surface area contributed by atoms with E-state index >= 15 is 4.39 Å². The molecule has 0 atom stereocenters. The lowest BCUT2D eigenvalue weighted by molar-refractivity contribution is 0.374. The summed E-state index contributed by atoms with van der Waals surface area (Å²) in [5.74, 6) is -0.0528. The van der Waals surface area contributed by atoms with Crippen LogP contribution in [0.15, 0.2) is 55.1 Å². The molecule has 0 amide bonds. The van der Waals surface area contributed by atoms with Crippen LogP contribution in [0.25, 0.3) is 22.4 Å². The molecule has 0 saturated heterocycles. The van der Waals surface area contributed by atoms with E-state index in [1.165, 1.54) is 57.6 Å². The standard InChI is InChI=1S/C25H26FN9O4S/c1-32(2)40(36,37)35-9-8-17(31-35)15-34(21-10-18(38-4)11-22(39-5)24(21)26)23-7-6-19-25(30-23)29-20(13-27-19)16-12-28-33(3)14-16/h6-14H,15H2,1-5H3. The van der Waals surface area contributed by atoms with Crippen LogP contribution in [0.4, 0.5) is 15.9 Å². The summed E-state index contributed by atoms with van der Waals surface area (Å²) >= 11 is 0. The lowest BCUT2D eigenvalue weighted by Crippen LogP contribution is -2.29. The molecule has 0 aliphatic carbocycles. The van der Waals surface area contributed by atoms with Crippen LogP contribution in [-0.4, -0.2) is 75.0 Å². The molecule has 0 aliphatic rings. The molecular weight excluding hydrogens is 541 g/mol. The Hall–Kier alpha value is -4.63. The van der Waals surface area contributed by atoms with Crippen molar-refractivity contribution >= 4 is 32.9 Å². The number of hydrogen-bond acceptors (Lipinski definition) is 10. The van der Waals surface area contributed by atoms with E-state index in [0.29, 0.717) is 34.1 Å². The monoisotopic (exact) mass is 567 g/mol. The van der Waals surface area contributed by atoms with E-state index in [1.54, 1.807) is 36.3 Å². The highest BCUT2D eigenvalue weighted by molar-refractivity contribution is 7.87. The molecule has 0 radical (unpaired) electrons. The highest BCUT2D eigenvalue weighted by atomic mass is 32.2. The van der Waals surface area contributed by atoms with Crippen molar-refractivity contribution in [2.75, 3.05) is 33.2 Å². The Morgan fingerprint density at radius 2 is 1.85 bits per heavy atom. The van der Waals surface area contributed by atoms with Gasteiger partial charge in [0.2, 0.25) is 0 Å². The van der Waals surface area contributed by atoms with Gasteiger partial charge in [-0.3, -0.25) is 9.67 Å². The Morgan fingerprint density at radius 3 is 2.52 bits per heavy atom. The fourth-order valence-corrected chi connectivity index (χ4v) is 4.68. The molecule has 0 bridgehead atoms. The van der Waals surface area contributed by atoms with Crippen molar-refractivity contribution < 1.29 is 22.3 Å². The molecule has 5 rings (SSSR count). The van der Waals surface area contributed by atoms with Crippen LogP contribution < -0.4 is 14.4 Å². The molecule has 4 aromatic heterocycles. The first-order valence-electron chi connectivity index (χ1n) is 11.9. The molecule has 0 saturated carbocycles. The lowest BCUT2D eigenvalue weighted by atomic mass is 10.2. The molecule has 5 aromatic rings. The Morgan fingerprint density at radius 1 is 1.05 bits per heavy atom. The van der Waals surface area contributed by atoms with Crippen molar-refractivity contribution in [3.05, 3.63) is 66.6 Å². The summed E-state index contributed by atoms with van der Waals surface area (Å²) in [6.07, 6.45) is 6.43. The van der Waals surface area contributed by atoms with Gasteiger partial charge in [-0.2, -0.15) is 27.0 Å². The van der Waals surface area contributed by atoms with Gasteiger partial charge in [0.15, 0.2) is 17.2 Å². The van der Waals surface area contributed by atoms with Crippen molar-refractivity contribution in [3.8, 4) is 22.8 Å². The zero-order valence-corrected chi connectivity index (χ0v) is 23.2. The molecule has 0 spiro atoms. The van der Waals surface area contributed by atoms with Crippen molar-refractivity contribution in [2.45, 2.75) is 6.54 Å². The summed E-state index contributed by atoms with van der Waals surface area (Å²) in [7, 11) is 3.57. The fraction of sp³-hybridized carbons (Fsp3) is 0.240. The third kappa shape index (κ3) is 5.03. The number of benzene rings is 1. The van der Waals surface area contributed by atoms with E-state index < -0.39 is 16.0 Å². The van der Waals surface area contributed by atoms with Gasteiger partial charge >= 0.3 is 10.2 Å². The number of pyridine rings is 1. The van der Waals surface area contributed by atoms with Crippen molar-refractivity contribution in [3.63, 3.8) is 0 Å². The van der Waals surface area contributed by atoms with Crippen LogP contribution in [0.5, 0.6) is 11.5 Å². The Kier molecular flexibility index (Phi) is 7.08. The summed E-state index contributed by atoms with van der Waals surface area (Å²) in [5.41, 5.74) is 2.59. The van der Waals surface area contributed by atoms with E-state index in [0.717, 1.165) is 14.0 Å². The van der Waals surface area contributed by atoms with E-state index in [4.69, 9.17) is 14.5 Å². The van der Waals surface area contributed by atoms with Gasteiger partial charge in [-0.25, -0.2) is 14.4 Å². The SMILES string of the molecule is COc1cc(OC)c(F)c(N(Cc2ccn(S(=O)(=O)N(C)C)n2)c2ccc3ncc(-c4cnn(C)c4)nc3n2)c1. The molecule has 1 aromatic carbocycles. The first-order chi connectivity index (χ1) is 19.1. The molecule has 13 nitrogen and oxygen atoms in total. The molecule has 0 N–H and O–H groups in total. The summed E-state index contributed by atoms with van der Waals surface area (Å²) < 4.78 is 55.0. The summed E-state index contributed by atoms with van der Waals surface area (Å²) in [6, 6.07) is 7.84. The number of rotatable bonds is 9. The molecule has 208 valence electrons. The number of fused-ring (bicyclic) bond motifs is 1. The highest BCUT2D eigenvalue weighted by Crippen LogP contribution is 2.37. The van der Waals surface area contributed by atoms with E-state index in [9.17, 15) is 8.42 Å². The first kappa shape index (κ1) is 27.0. The average molecular weight is 568 g/mol. The average Bonchev–Trinajstić information content (AvgIpc) is 3.61. The molecule has 0 unspecified atom stereocenters. The Bertz CT molecular complexity index is 1800. The van der Waals surface area contributed by atoms with Gasteiger partial charge in [0, 0.05) is 51.2 Å². The van der Waals surface area contributed by atoms with Gasteiger partial charge in [0.1, 0.15) is 17.1 Å². The Labute approximate surface area is 229 Å². The largest absolute Gasteiger partial charge is 0.497 e. The highest BCUT2D eigenvalue weighted by Gasteiger charge is 2.24. The Balaban J connectivity index is 1.64. The molecule has 0 fully saturated rings. The minimum Gasteiger partial charge on any atom is -0.497 e. The van der Waals surface area contributed by atoms with Crippen LogP contribution in [0, 0.1) is 5.82 Å².